The van der Waals surface area contributed by atoms with Crippen LogP contribution in [-0.4, -0.2) is 61.0 Å². The molecule has 1 aliphatic heterocycles. The smallest absolute Gasteiger partial charge is 0.0897 e. The van der Waals surface area contributed by atoms with Crippen LogP contribution in [0.3, 0.4) is 0 Å². The van der Waals surface area contributed by atoms with Crippen molar-refractivity contribution in [1.82, 2.24) is 10.2 Å². The van der Waals surface area contributed by atoms with Crippen molar-refractivity contribution in [3.8, 4) is 0 Å². The van der Waals surface area contributed by atoms with Crippen molar-refractivity contribution in [2.75, 3.05) is 32.8 Å². The van der Waals surface area contributed by atoms with E-state index in [0.717, 1.165) is 13.1 Å². The van der Waals surface area contributed by atoms with Gasteiger partial charge in [-0.1, -0.05) is 26.2 Å². The van der Waals surface area contributed by atoms with E-state index in [2.05, 4.69) is 17.1 Å². The SMILES string of the molecule is CCN1CCCC1CNCC(O)COC1CCCCC1. The molecule has 0 amide bonds. The minimum atomic E-state index is -0.367. The van der Waals surface area contributed by atoms with E-state index < -0.39 is 0 Å². The van der Waals surface area contributed by atoms with E-state index in [-0.39, 0.29) is 6.10 Å². The summed E-state index contributed by atoms with van der Waals surface area (Å²) < 4.78 is 5.81. The number of hydrogen-bond acceptors (Lipinski definition) is 4. The van der Waals surface area contributed by atoms with Gasteiger partial charge in [-0.05, 0) is 38.8 Å². The van der Waals surface area contributed by atoms with Gasteiger partial charge < -0.3 is 15.2 Å². The van der Waals surface area contributed by atoms with Gasteiger partial charge in [0.1, 0.15) is 0 Å². The van der Waals surface area contributed by atoms with Crippen LogP contribution < -0.4 is 5.32 Å². The molecule has 20 heavy (non-hydrogen) atoms. The lowest BCUT2D eigenvalue weighted by atomic mass is 9.98. The molecule has 1 aliphatic carbocycles. The van der Waals surface area contributed by atoms with Crippen LogP contribution in [0.5, 0.6) is 0 Å². The van der Waals surface area contributed by atoms with Crippen molar-refractivity contribution in [2.45, 2.75) is 70.1 Å². The van der Waals surface area contributed by atoms with Gasteiger partial charge in [0, 0.05) is 19.1 Å². The second kappa shape index (κ2) is 8.98. The van der Waals surface area contributed by atoms with Crippen molar-refractivity contribution < 1.29 is 9.84 Å². The molecule has 0 bridgehead atoms. The van der Waals surface area contributed by atoms with Crippen LogP contribution in [0.4, 0.5) is 0 Å². The third kappa shape index (κ3) is 5.32. The minimum absolute atomic E-state index is 0.367. The Labute approximate surface area is 123 Å². The van der Waals surface area contributed by atoms with Crippen molar-refractivity contribution in [3.05, 3.63) is 0 Å². The maximum absolute atomic E-state index is 9.98. The van der Waals surface area contributed by atoms with E-state index >= 15 is 0 Å². The summed E-state index contributed by atoms with van der Waals surface area (Å²) in [6.07, 6.45) is 8.89. The molecule has 2 unspecified atom stereocenters. The number of nitrogens with one attached hydrogen (secondary N) is 1. The molecule has 2 N–H and O–H groups in total. The molecule has 1 saturated carbocycles. The average Bonchev–Trinajstić information content (AvgIpc) is 2.94. The van der Waals surface area contributed by atoms with Gasteiger partial charge in [0.2, 0.25) is 0 Å². The molecule has 0 aromatic carbocycles. The number of rotatable bonds is 8. The van der Waals surface area contributed by atoms with Crippen LogP contribution in [0.1, 0.15) is 51.9 Å². The molecule has 2 atom stereocenters. The van der Waals surface area contributed by atoms with Crippen LogP contribution in [0, 0.1) is 0 Å². The van der Waals surface area contributed by atoms with Crippen LogP contribution >= 0.6 is 0 Å². The highest BCUT2D eigenvalue weighted by atomic mass is 16.5. The van der Waals surface area contributed by atoms with Gasteiger partial charge in [0.15, 0.2) is 0 Å². The van der Waals surface area contributed by atoms with Crippen molar-refractivity contribution in [1.29, 1.82) is 0 Å². The van der Waals surface area contributed by atoms with Gasteiger partial charge in [-0.15, -0.1) is 0 Å². The Bertz CT molecular complexity index is 257. The molecule has 2 rings (SSSR count). The van der Waals surface area contributed by atoms with Crippen LogP contribution in [0.25, 0.3) is 0 Å². The standard InChI is InChI=1S/C16H32N2O2/c1-2-18-10-6-7-14(18)11-17-12-15(19)13-20-16-8-4-3-5-9-16/h14-17,19H,2-13H2,1H3. The lowest BCUT2D eigenvalue weighted by Gasteiger charge is -2.25. The monoisotopic (exact) mass is 284 g/mol. The van der Waals surface area contributed by atoms with E-state index in [1.54, 1.807) is 0 Å². The normalized spacial score (nSPS) is 27.0. The predicted octanol–water partition coefficient (Wildman–Crippen LogP) is 1.77. The zero-order chi connectivity index (χ0) is 14.2. The highest BCUT2D eigenvalue weighted by molar-refractivity contribution is 4.80. The lowest BCUT2D eigenvalue weighted by Crippen LogP contribution is -2.41. The molecule has 1 heterocycles. The fourth-order valence-corrected chi connectivity index (χ4v) is 3.50. The highest BCUT2D eigenvalue weighted by Gasteiger charge is 2.22. The molecule has 0 radical (unpaired) electrons. The summed E-state index contributed by atoms with van der Waals surface area (Å²) in [5, 5.41) is 13.4. The maximum Gasteiger partial charge on any atom is 0.0897 e. The largest absolute Gasteiger partial charge is 0.389 e. The van der Waals surface area contributed by atoms with Gasteiger partial charge in [0.25, 0.3) is 0 Å². The molecule has 4 nitrogen and oxygen atoms in total. The summed E-state index contributed by atoms with van der Waals surface area (Å²) >= 11 is 0. The fourth-order valence-electron chi connectivity index (χ4n) is 3.50. The summed E-state index contributed by atoms with van der Waals surface area (Å²) in [5.41, 5.74) is 0. The molecule has 4 heteroatoms. The Morgan fingerprint density at radius 1 is 1.20 bits per heavy atom. The van der Waals surface area contributed by atoms with E-state index in [4.69, 9.17) is 4.74 Å². The zero-order valence-electron chi connectivity index (χ0n) is 13.0. The highest BCUT2D eigenvalue weighted by Crippen LogP contribution is 2.20. The van der Waals surface area contributed by atoms with Crippen LogP contribution in [0.15, 0.2) is 0 Å². The number of likely N-dealkylation sites (N-methyl/N-ethyl adjacent to an activating group) is 1. The molecule has 1 saturated heterocycles. The molecule has 0 aromatic rings. The topological polar surface area (TPSA) is 44.7 Å². The zero-order valence-corrected chi connectivity index (χ0v) is 13.0. The van der Waals surface area contributed by atoms with E-state index in [1.165, 1.54) is 51.5 Å². The quantitative estimate of drug-likeness (QED) is 0.713. The van der Waals surface area contributed by atoms with E-state index in [1.807, 2.05) is 0 Å². The number of ether oxygens (including phenoxy) is 1. The number of aliphatic hydroxyl groups excluding tert-OH is 1. The Kier molecular flexibility index (Phi) is 7.28. The van der Waals surface area contributed by atoms with Gasteiger partial charge >= 0.3 is 0 Å². The Morgan fingerprint density at radius 2 is 2.00 bits per heavy atom. The molecule has 0 aromatic heterocycles. The molecule has 2 aliphatic rings. The maximum atomic E-state index is 9.98. The van der Waals surface area contributed by atoms with E-state index in [9.17, 15) is 5.11 Å². The van der Waals surface area contributed by atoms with Crippen LogP contribution in [0.2, 0.25) is 0 Å². The van der Waals surface area contributed by atoms with Crippen LogP contribution in [-0.2, 0) is 4.74 Å². The molecule has 2 fully saturated rings. The minimum Gasteiger partial charge on any atom is -0.389 e. The predicted molar refractivity (Wildman–Crippen MR) is 82.0 cm³/mol. The molecule has 118 valence electrons. The third-order valence-corrected chi connectivity index (χ3v) is 4.74. The fraction of sp³-hybridized carbons (Fsp3) is 1.00. The summed E-state index contributed by atoms with van der Waals surface area (Å²) in [5.74, 6) is 0. The first-order chi connectivity index (χ1) is 9.79. The number of nitrogens with zero attached hydrogens (tertiary/aromatic N) is 1. The summed E-state index contributed by atoms with van der Waals surface area (Å²) in [6.45, 7) is 6.73. The lowest BCUT2D eigenvalue weighted by molar-refractivity contribution is -0.0231. The average molecular weight is 284 g/mol. The number of likely N-dealkylation sites (tertiary alicyclic amines) is 1. The number of aliphatic hydroxyl groups is 1. The first kappa shape index (κ1) is 16.2. The third-order valence-electron chi connectivity index (χ3n) is 4.74. The number of hydrogen-bond donors (Lipinski definition) is 2. The van der Waals surface area contributed by atoms with Gasteiger partial charge in [-0.3, -0.25) is 4.90 Å². The van der Waals surface area contributed by atoms with Crippen molar-refractivity contribution >= 4 is 0 Å². The molecular weight excluding hydrogens is 252 g/mol. The first-order valence-corrected chi connectivity index (χ1v) is 8.54. The second-order valence-electron chi connectivity index (χ2n) is 6.33. The van der Waals surface area contributed by atoms with Gasteiger partial charge in [-0.25, -0.2) is 0 Å². The molecular formula is C16H32N2O2. The Hall–Kier alpha value is -0.160. The van der Waals surface area contributed by atoms with Gasteiger partial charge in [0.05, 0.1) is 18.8 Å². The summed E-state index contributed by atoms with van der Waals surface area (Å²) in [7, 11) is 0. The van der Waals surface area contributed by atoms with Gasteiger partial charge in [-0.2, -0.15) is 0 Å². The first-order valence-electron chi connectivity index (χ1n) is 8.54. The molecule has 0 spiro atoms. The Morgan fingerprint density at radius 3 is 2.75 bits per heavy atom. The van der Waals surface area contributed by atoms with E-state index in [0.29, 0.717) is 25.3 Å². The summed E-state index contributed by atoms with van der Waals surface area (Å²) in [4.78, 5) is 2.53. The second-order valence-corrected chi connectivity index (χ2v) is 6.33. The van der Waals surface area contributed by atoms with Crippen molar-refractivity contribution in [3.63, 3.8) is 0 Å². The Balaban J connectivity index is 1.52. The summed E-state index contributed by atoms with van der Waals surface area (Å²) in [6, 6.07) is 0.659. The van der Waals surface area contributed by atoms with Crippen molar-refractivity contribution in [2.24, 2.45) is 0 Å².